The van der Waals surface area contributed by atoms with Gasteiger partial charge in [0.1, 0.15) is 0 Å². The summed E-state index contributed by atoms with van der Waals surface area (Å²) in [7, 11) is 0. The quantitative estimate of drug-likeness (QED) is 0.806. The van der Waals surface area contributed by atoms with Crippen LogP contribution in [0.25, 0.3) is 5.69 Å². The van der Waals surface area contributed by atoms with Gasteiger partial charge in [0.15, 0.2) is 4.77 Å². The van der Waals surface area contributed by atoms with Crippen LogP contribution in [0, 0.1) is 4.77 Å². The van der Waals surface area contributed by atoms with Gasteiger partial charge in [-0.3, -0.25) is 9.67 Å². The number of rotatable bonds is 2. The maximum absolute atomic E-state index is 12.9. The van der Waals surface area contributed by atoms with Crippen molar-refractivity contribution in [3.05, 3.63) is 39.4 Å². The highest BCUT2D eigenvalue weighted by molar-refractivity contribution is 7.71. The average molecular weight is 318 g/mol. The van der Waals surface area contributed by atoms with Crippen LogP contribution in [0.3, 0.4) is 0 Å². The van der Waals surface area contributed by atoms with Gasteiger partial charge in [-0.25, -0.2) is 8.78 Å². The molecule has 0 atom stereocenters. The van der Waals surface area contributed by atoms with Crippen LogP contribution in [0.4, 0.5) is 8.78 Å². The molecule has 20 heavy (non-hydrogen) atoms. The molecule has 0 radical (unpaired) electrons. The van der Waals surface area contributed by atoms with Gasteiger partial charge in [0.05, 0.1) is 10.7 Å². The SMILES string of the molecule is CC(C)(C)c1ccc(-n2c(C(F)F)n[nH]c2=S)c(Cl)c1. The third-order valence-corrected chi connectivity index (χ3v) is 3.52. The second-order valence-electron chi connectivity index (χ2n) is 5.44. The number of nitrogens with one attached hydrogen (secondary N) is 1. The van der Waals surface area contributed by atoms with Crippen molar-refractivity contribution in [2.45, 2.75) is 32.6 Å². The molecule has 0 aliphatic carbocycles. The van der Waals surface area contributed by atoms with Crippen molar-refractivity contribution in [2.75, 3.05) is 0 Å². The second kappa shape index (κ2) is 5.26. The highest BCUT2D eigenvalue weighted by atomic mass is 35.5. The number of benzene rings is 1. The Bertz CT molecular complexity index is 686. The van der Waals surface area contributed by atoms with Gasteiger partial charge in [-0.2, -0.15) is 5.10 Å². The number of aromatic amines is 1. The van der Waals surface area contributed by atoms with E-state index >= 15 is 0 Å². The summed E-state index contributed by atoms with van der Waals surface area (Å²) < 4.78 is 27.1. The van der Waals surface area contributed by atoms with Crippen LogP contribution >= 0.6 is 23.8 Å². The number of H-pyrrole nitrogens is 1. The predicted octanol–water partition coefficient (Wildman–Crippen LogP) is 4.82. The van der Waals surface area contributed by atoms with Gasteiger partial charge in [-0.1, -0.05) is 38.4 Å². The molecule has 7 heteroatoms. The third kappa shape index (κ3) is 2.76. The van der Waals surface area contributed by atoms with E-state index in [0.717, 1.165) is 10.1 Å². The summed E-state index contributed by atoms with van der Waals surface area (Å²) in [6.07, 6.45) is -2.73. The molecule has 0 aliphatic rings. The zero-order chi connectivity index (χ0) is 15.1. The summed E-state index contributed by atoms with van der Waals surface area (Å²) in [6.45, 7) is 6.14. The minimum Gasteiger partial charge on any atom is -0.266 e. The Balaban J connectivity index is 2.61. The summed E-state index contributed by atoms with van der Waals surface area (Å²) >= 11 is 11.2. The number of nitrogens with zero attached hydrogens (tertiary/aromatic N) is 2. The first kappa shape index (κ1) is 15.1. The number of aromatic nitrogens is 3. The molecule has 1 N–H and O–H groups in total. The van der Waals surface area contributed by atoms with Gasteiger partial charge in [-0.15, -0.1) is 0 Å². The lowest BCUT2D eigenvalue weighted by molar-refractivity contribution is 0.138. The predicted molar refractivity (Wildman–Crippen MR) is 77.4 cm³/mol. The number of halogens is 3. The summed E-state index contributed by atoms with van der Waals surface area (Å²) in [5, 5.41) is 6.27. The summed E-state index contributed by atoms with van der Waals surface area (Å²) in [5.74, 6) is -0.444. The first-order valence-electron chi connectivity index (χ1n) is 5.97. The van der Waals surface area contributed by atoms with Crippen LogP contribution in [0.5, 0.6) is 0 Å². The topological polar surface area (TPSA) is 33.6 Å². The fourth-order valence-electron chi connectivity index (χ4n) is 1.84. The maximum Gasteiger partial charge on any atom is 0.297 e. The van der Waals surface area contributed by atoms with Gasteiger partial charge in [0.2, 0.25) is 5.82 Å². The lowest BCUT2D eigenvalue weighted by Gasteiger charge is -2.20. The van der Waals surface area contributed by atoms with E-state index < -0.39 is 12.2 Å². The molecule has 0 unspecified atom stereocenters. The Hall–Kier alpha value is -1.27. The molecular weight excluding hydrogens is 304 g/mol. The molecule has 0 bridgehead atoms. The van der Waals surface area contributed by atoms with E-state index in [2.05, 4.69) is 10.2 Å². The van der Waals surface area contributed by atoms with Crippen molar-refractivity contribution >= 4 is 23.8 Å². The normalized spacial score (nSPS) is 12.2. The Morgan fingerprint density at radius 3 is 2.50 bits per heavy atom. The minimum atomic E-state index is -2.73. The van der Waals surface area contributed by atoms with Crippen LogP contribution in [0.2, 0.25) is 5.02 Å². The summed E-state index contributed by atoms with van der Waals surface area (Å²) in [6, 6.07) is 5.30. The van der Waals surface area contributed by atoms with Crippen molar-refractivity contribution < 1.29 is 8.78 Å². The molecule has 0 spiro atoms. The van der Waals surface area contributed by atoms with Gasteiger partial charge in [0.25, 0.3) is 6.43 Å². The molecule has 0 fully saturated rings. The molecule has 2 aromatic rings. The van der Waals surface area contributed by atoms with E-state index in [1.807, 2.05) is 26.8 Å². The highest BCUT2D eigenvalue weighted by Gasteiger charge is 2.21. The summed E-state index contributed by atoms with van der Waals surface area (Å²) in [5.41, 5.74) is 1.33. The molecule has 0 amide bonds. The molecule has 0 saturated carbocycles. The lowest BCUT2D eigenvalue weighted by atomic mass is 9.87. The largest absolute Gasteiger partial charge is 0.297 e. The van der Waals surface area contributed by atoms with Gasteiger partial charge >= 0.3 is 0 Å². The molecule has 2 rings (SSSR count). The van der Waals surface area contributed by atoms with E-state index in [1.54, 1.807) is 12.1 Å². The number of hydrogen-bond donors (Lipinski definition) is 1. The Labute approximate surface area is 125 Å². The number of hydrogen-bond acceptors (Lipinski definition) is 2. The van der Waals surface area contributed by atoms with Crippen molar-refractivity contribution in [2.24, 2.45) is 0 Å². The average Bonchev–Trinajstić information content (AvgIpc) is 2.70. The first-order chi connectivity index (χ1) is 9.21. The zero-order valence-electron chi connectivity index (χ0n) is 11.2. The van der Waals surface area contributed by atoms with E-state index in [4.69, 9.17) is 23.8 Å². The van der Waals surface area contributed by atoms with Gasteiger partial charge < -0.3 is 0 Å². The lowest BCUT2D eigenvalue weighted by Crippen LogP contribution is -2.11. The molecule has 3 nitrogen and oxygen atoms in total. The monoisotopic (exact) mass is 317 g/mol. The fourth-order valence-corrected chi connectivity index (χ4v) is 2.35. The summed E-state index contributed by atoms with van der Waals surface area (Å²) in [4.78, 5) is 0. The van der Waals surface area contributed by atoms with Gasteiger partial charge in [0, 0.05) is 0 Å². The second-order valence-corrected chi connectivity index (χ2v) is 6.23. The van der Waals surface area contributed by atoms with Crippen molar-refractivity contribution in [3.63, 3.8) is 0 Å². The molecule has 1 heterocycles. The fraction of sp³-hybridized carbons (Fsp3) is 0.385. The van der Waals surface area contributed by atoms with Crippen molar-refractivity contribution in [1.29, 1.82) is 0 Å². The number of alkyl halides is 2. The Morgan fingerprint density at radius 2 is 2.00 bits per heavy atom. The van der Waals surface area contributed by atoms with Crippen molar-refractivity contribution in [3.8, 4) is 5.69 Å². The smallest absolute Gasteiger partial charge is 0.266 e. The first-order valence-corrected chi connectivity index (χ1v) is 6.76. The molecule has 108 valence electrons. The molecule has 0 saturated heterocycles. The van der Waals surface area contributed by atoms with E-state index in [-0.39, 0.29) is 10.2 Å². The third-order valence-electron chi connectivity index (χ3n) is 2.95. The zero-order valence-corrected chi connectivity index (χ0v) is 12.8. The van der Waals surface area contributed by atoms with Crippen molar-refractivity contribution in [1.82, 2.24) is 14.8 Å². The van der Waals surface area contributed by atoms with Crippen LogP contribution in [0.1, 0.15) is 38.6 Å². The molecule has 1 aromatic heterocycles. The molecule has 1 aromatic carbocycles. The Morgan fingerprint density at radius 1 is 1.35 bits per heavy atom. The van der Waals surface area contributed by atoms with Crippen LogP contribution in [-0.2, 0) is 5.41 Å². The highest BCUT2D eigenvalue weighted by Crippen LogP contribution is 2.31. The standard InChI is InChI=1S/C13H14ClF2N3S/c1-13(2,3)7-4-5-9(8(14)6-7)19-11(10(15)16)17-18-12(19)20/h4-6,10H,1-3H3,(H,18,20). The van der Waals surface area contributed by atoms with E-state index in [1.165, 1.54) is 0 Å². The maximum atomic E-state index is 12.9. The minimum absolute atomic E-state index is 0.0778. The molecular formula is C13H14ClF2N3S. The van der Waals surface area contributed by atoms with E-state index in [0.29, 0.717) is 10.7 Å². The van der Waals surface area contributed by atoms with Crippen LogP contribution in [-0.4, -0.2) is 14.8 Å². The van der Waals surface area contributed by atoms with E-state index in [9.17, 15) is 8.78 Å². The molecule has 0 aliphatic heterocycles. The Kier molecular flexibility index (Phi) is 3.97. The van der Waals surface area contributed by atoms with Gasteiger partial charge in [-0.05, 0) is 35.3 Å². The van der Waals surface area contributed by atoms with Crippen LogP contribution in [0.15, 0.2) is 18.2 Å². The van der Waals surface area contributed by atoms with Crippen LogP contribution < -0.4 is 0 Å².